The Balaban J connectivity index is 1.81. The van der Waals surface area contributed by atoms with Gasteiger partial charge in [0.15, 0.2) is 0 Å². The van der Waals surface area contributed by atoms with Crippen LogP contribution in [-0.2, 0) is 17.7 Å². The molecule has 17 heavy (non-hydrogen) atoms. The highest BCUT2D eigenvalue weighted by Crippen LogP contribution is 2.49. The van der Waals surface area contributed by atoms with Crippen molar-refractivity contribution >= 4 is 0 Å². The topological polar surface area (TPSA) is 50.8 Å². The quantitative estimate of drug-likeness (QED) is 0.798. The third kappa shape index (κ3) is 1.66. The van der Waals surface area contributed by atoms with E-state index < -0.39 is 0 Å². The zero-order valence-electron chi connectivity index (χ0n) is 10.1. The molecule has 2 saturated heterocycles. The first kappa shape index (κ1) is 10.8. The molecule has 90 valence electrons. The van der Waals surface area contributed by atoms with E-state index >= 15 is 0 Å². The zero-order valence-corrected chi connectivity index (χ0v) is 10.1. The van der Waals surface area contributed by atoms with Crippen molar-refractivity contribution in [1.82, 2.24) is 9.78 Å². The summed E-state index contributed by atoms with van der Waals surface area (Å²) in [6.07, 6.45) is 8.24. The fourth-order valence-corrected chi connectivity index (χ4v) is 3.18. The summed E-state index contributed by atoms with van der Waals surface area (Å²) in [5, 5.41) is 13.8. The van der Waals surface area contributed by atoms with Gasteiger partial charge in [-0.3, -0.25) is 4.68 Å². The normalized spacial score (nSPS) is 35.1. The van der Waals surface area contributed by atoms with E-state index in [1.54, 1.807) is 0 Å². The Morgan fingerprint density at radius 3 is 3.06 bits per heavy atom. The van der Waals surface area contributed by atoms with Gasteiger partial charge >= 0.3 is 0 Å². The first-order valence-electron chi connectivity index (χ1n) is 6.34. The molecule has 3 rings (SSSR count). The molecule has 3 heterocycles. The summed E-state index contributed by atoms with van der Waals surface area (Å²) < 4.78 is 7.75. The van der Waals surface area contributed by atoms with Gasteiger partial charge in [0, 0.05) is 12.7 Å². The molecular formula is C13H17N3O. The Kier molecular flexibility index (Phi) is 2.44. The average molecular weight is 231 g/mol. The summed E-state index contributed by atoms with van der Waals surface area (Å²) in [4.78, 5) is 0. The number of ether oxygens (including phenoxy) is 1. The smallest absolute Gasteiger partial charge is 0.0900 e. The van der Waals surface area contributed by atoms with Gasteiger partial charge in [0.1, 0.15) is 0 Å². The number of hydrogen-bond donors (Lipinski definition) is 0. The van der Waals surface area contributed by atoms with E-state index in [2.05, 4.69) is 18.1 Å². The van der Waals surface area contributed by atoms with Crippen molar-refractivity contribution in [1.29, 1.82) is 5.26 Å². The van der Waals surface area contributed by atoms with Crippen LogP contribution in [0.4, 0.5) is 0 Å². The average Bonchev–Trinajstić information content (AvgIpc) is 3.04. The van der Waals surface area contributed by atoms with Crippen molar-refractivity contribution in [2.75, 3.05) is 0 Å². The number of hydrogen-bond acceptors (Lipinski definition) is 3. The van der Waals surface area contributed by atoms with Gasteiger partial charge in [0.2, 0.25) is 0 Å². The number of rotatable bonds is 3. The third-order valence-electron chi connectivity index (χ3n) is 4.07. The molecule has 0 radical (unpaired) electrons. The maximum atomic E-state index is 9.51. The molecule has 2 bridgehead atoms. The van der Waals surface area contributed by atoms with Crippen LogP contribution in [0.1, 0.15) is 31.7 Å². The van der Waals surface area contributed by atoms with Gasteiger partial charge in [-0.15, -0.1) is 0 Å². The van der Waals surface area contributed by atoms with Gasteiger partial charge in [-0.05, 0) is 38.2 Å². The fraction of sp³-hybridized carbons (Fsp3) is 0.692. The lowest BCUT2D eigenvalue weighted by Crippen LogP contribution is -2.33. The maximum absolute atomic E-state index is 9.51. The van der Waals surface area contributed by atoms with Crippen LogP contribution >= 0.6 is 0 Å². The van der Waals surface area contributed by atoms with Gasteiger partial charge in [-0.2, -0.15) is 10.4 Å². The van der Waals surface area contributed by atoms with Gasteiger partial charge in [-0.25, -0.2) is 0 Å². The molecule has 0 saturated carbocycles. The maximum Gasteiger partial charge on any atom is 0.0900 e. The molecule has 1 aromatic heterocycles. The van der Waals surface area contributed by atoms with Crippen LogP contribution in [0.3, 0.4) is 0 Å². The largest absolute Gasteiger partial charge is 0.373 e. The van der Waals surface area contributed by atoms with E-state index in [1.165, 1.54) is 0 Å². The Morgan fingerprint density at radius 1 is 1.65 bits per heavy atom. The molecule has 0 aliphatic carbocycles. The van der Waals surface area contributed by atoms with Crippen LogP contribution in [0.5, 0.6) is 0 Å². The first-order valence-corrected chi connectivity index (χ1v) is 6.34. The molecule has 4 nitrogen and oxygen atoms in total. The molecule has 0 N–H and O–H groups in total. The van der Waals surface area contributed by atoms with Crippen LogP contribution in [0.2, 0.25) is 0 Å². The number of fused-ring (bicyclic) bond motifs is 2. The summed E-state index contributed by atoms with van der Waals surface area (Å²) in [5.41, 5.74) is 0.856. The van der Waals surface area contributed by atoms with Crippen molar-refractivity contribution < 1.29 is 4.74 Å². The van der Waals surface area contributed by atoms with Gasteiger partial charge in [0.05, 0.1) is 29.9 Å². The Bertz CT molecular complexity index is 461. The van der Waals surface area contributed by atoms with E-state index in [1.807, 2.05) is 17.1 Å². The predicted octanol–water partition coefficient (Wildman–Crippen LogP) is 1.91. The molecule has 1 aromatic rings. The van der Waals surface area contributed by atoms with Crippen molar-refractivity contribution in [2.24, 2.45) is 5.41 Å². The molecule has 2 aliphatic rings. The van der Waals surface area contributed by atoms with E-state index in [0.29, 0.717) is 6.10 Å². The van der Waals surface area contributed by atoms with Crippen molar-refractivity contribution in [3.8, 4) is 6.07 Å². The van der Waals surface area contributed by atoms with E-state index in [-0.39, 0.29) is 11.5 Å². The van der Waals surface area contributed by atoms with Crippen LogP contribution in [0.25, 0.3) is 0 Å². The van der Waals surface area contributed by atoms with Crippen molar-refractivity contribution in [2.45, 2.75) is 51.4 Å². The molecule has 2 aliphatic heterocycles. The molecule has 4 heteroatoms. The van der Waals surface area contributed by atoms with Crippen molar-refractivity contribution in [3.05, 3.63) is 18.0 Å². The number of nitriles is 1. The van der Waals surface area contributed by atoms with Crippen LogP contribution in [-0.4, -0.2) is 22.0 Å². The molecular weight excluding hydrogens is 214 g/mol. The van der Waals surface area contributed by atoms with E-state index in [9.17, 15) is 5.26 Å². The predicted molar refractivity (Wildman–Crippen MR) is 62.2 cm³/mol. The van der Waals surface area contributed by atoms with Gasteiger partial charge in [-0.1, -0.05) is 0 Å². The summed E-state index contributed by atoms with van der Waals surface area (Å²) in [6, 6.07) is 2.52. The van der Waals surface area contributed by atoms with Crippen molar-refractivity contribution in [3.63, 3.8) is 0 Å². The molecule has 3 unspecified atom stereocenters. The number of aromatic nitrogens is 2. The van der Waals surface area contributed by atoms with E-state index in [0.717, 1.165) is 37.8 Å². The Labute approximate surface area is 101 Å². The lowest BCUT2D eigenvalue weighted by molar-refractivity contribution is 0.0787. The fourth-order valence-electron chi connectivity index (χ4n) is 3.18. The summed E-state index contributed by atoms with van der Waals surface area (Å²) in [6.45, 7) is 2.94. The Morgan fingerprint density at radius 2 is 2.53 bits per heavy atom. The van der Waals surface area contributed by atoms with Crippen LogP contribution in [0.15, 0.2) is 12.4 Å². The first-order chi connectivity index (χ1) is 8.25. The molecule has 0 amide bonds. The van der Waals surface area contributed by atoms with Gasteiger partial charge < -0.3 is 4.74 Å². The highest BCUT2D eigenvalue weighted by molar-refractivity contribution is 5.19. The third-order valence-corrected chi connectivity index (χ3v) is 4.07. The second kappa shape index (κ2) is 3.85. The van der Waals surface area contributed by atoms with Gasteiger partial charge in [0.25, 0.3) is 0 Å². The minimum atomic E-state index is -0.301. The number of aryl methyl sites for hydroxylation is 1. The number of nitrogens with zero attached hydrogens (tertiary/aromatic N) is 3. The monoisotopic (exact) mass is 231 g/mol. The minimum Gasteiger partial charge on any atom is -0.373 e. The van der Waals surface area contributed by atoms with E-state index in [4.69, 9.17) is 4.74 Å². The Hall–Kier alpha value is -1.34. The highest BCUT2D eigenvalue weighted by Gasteiger charge is 2.52. The molecule has 0 aromatic carbocycles. The summed E-state index contributed by atoms with van der Waals surface area (Å²) in [5.74, 6) is 0. The summed E-state index contributed by atoms with van der Waals surface area (Å²) in [7, 11) is 0. The molecule has 2 fully saturated rings. The molecule has 3 atom stereocenters. The second-order valence-corrected chi connectivity index (χ2v) is 5.18. The minimum absolute atomic E-state index is 0.141. The summed E-state index contributed by atoms with van der Waals surface area (Å²) >= 11 is 0. The SMILES string of the molecule is CCn1cc(CC2(C#N)CC3CCC2O3)cn1. The zero-order chi connectivity index (χ0) is 11.9. The van der Waals surface area contributed by atoms with Crippen LogP contribution < -0.4 is 0 Å². The lowest BCUT2D eigenvalue weighted by atomic mass is 9.71. The second-order valence-electron chi connectivity index (χ2n) is 5.18. The standard InChI is InChI=1S/C13H17N3O/c1-2-16-8-10(7-15-16)5-13(9-14)6-11-3-4-12(13)17-11/h7-8,11-12H,2-6H2,1H3. The molecule has 0 spiro atoms. The highest BCUT2D eigenvalue weighted by atomic mass is 16.5. The lowest BCUT2D eigenvalue weighted by Gasteiger charge is -2.27. The van der Waals surface area contributed by atoms with Crippen LogP contribution in [0, 0.1) is 16.7 Å².